The van der Waals surface area contributed by atoms with Crippen molar-refractivity contribution in [2.45, 2.75) is 19.4 Å². The van der Waals surface area contributed by atoms with Crippen LogP contribution >= 0.6 is 11.6 Å². The highest BCUT2D eigenvalue weighted by atomic mass is 35.5. The average Bonchev–Trinajstić information content (AvgIpc) is 2.56. The molecule has 0 spiro atoms. The van der Waals surface area contributed by atoms with E-state index in [2.05, 4.69) is 10.6 Å². The highest BCUT2D eigenvalue weighted by Crippen LogP contribution is 2.34. The molecule has 2 aromatic rings. The number of hydrogen-bond acceptors (Lipinski definition) is 3. The van der Waals surface area contributed by atoms with Crippen molar-refractivity contribution in [3.8, 4) is 11.5 Å². The minimum atomic E-state index is -0.596. The van der Waals surface area contributed by atoms with Crippen molar-refractivity contribution in [2.75, 3.05) is 18.5 Å². The second-order valence-corrected chi connectivity index (χ2v) is 6.45. The third-order valence-corrected chi connectivity index (χ3v) is 4.14. The molecule has 1 heterocycles. The molecule has 0 atom stereocenters. The molecule has 0 fully saturated rings. The van der Waals surface area contributed by atoms with Crippen LogP contribution in [0, 0.1) is 0 Å². The van der Waals surface area contributed by atoms with E-state index in [1.165, 1.54) is 0 Å². The van der Waals surface area contributed by atoms with Crippen molar-refractivity contribution in [1.82, 2.24) is 5.32 Å². The van der Waals surface area contributed by atoms with E-state index in [1.807, 2.05) is 44.2 Å². The first-order chi connectivity index (χ1) is 11.5. The van der Waals surface area contributed by atoms with Crippen molar-refractivity contribution >= 4 is 23.3 Å². The van der Waals surface area contributed by atoms with E-state index in [9.17, 15) is 4.79 Å². The van der Waals surface area contributed by atoms with Crippen LogP contribution in [0.1, 0.15) is 19.4 Å². The van der Waals surface area contributed by atoms with Crippen molar-refractivity contribution in [3.05, 3.63) is 53.1 Å². The normalized spacial score (nSPS) is 13.3. The topological polar surface area (TPSA) is 59.6 Å². The molecule has 0 aromatic heterocycles. The van der Waals surface area contributed by atoms with Gasteiger partial charge in [0.2, 0.25) is 0 Å². The molecule has 2 N–H and O–H groups in total. The van der Waals surface area contributed by atoms with Crippen molar-refractivity contribution in [2.24, 2.45) is 0 Å². The van der Waals surface area contributed by atoms with Crippen LogP contribution in [0.2, 0.25) is 5.02 Å². The molecule has 1 aliphatic rings. The zero-order valence-corrected chi connectivity index (χ0v) is 14.3. The molecule has 3 rings (SSSR count). The van der Waals surface area contributed by atoms with E-state index in [0.717, 1.165) is 11.3 Å². The fourth-order valence-electron chi connectivity index (χ4n) is 2.50. The number of para-hydroxylation sites is 1. The number of anilines is 1. The molecule has 0 bridgehead atoms. The largest absolute Gasteiger partial charge is 0.486 e. The summed E-state index contributed by atoms with van der Waals surface area (Å²) in [6.07, 6.45) is 0. The Bertz CT molecular complexity index is 762. The van der Waals surface area contributed by atoms with Crippen LogP contribution in [0.3, 0.4) is 0 Å². The summed E-state index contributed by atoms with van der Waals surface area (Å²) in [6.45, 7) is 4.92. The lowest BCUT2D eigenvalue weighted by Gasteiger charge is -2.28. The van der Waals surface area contributed by atoms with Gasteiger partial charge in [-0.25, -0.2) is 4.79 Å². The van der Waals surface area contributed by atoms with Gasteiger partial charge in [0.25, 0.3) is 0 Å². The fourth-order valence-corrected chi connectivity index (χ4v) is 2.69. The maximum atomic E-state index is 12.3. The standard InChI is InChI=1S/C18H19ClN2O3/c1-18(2,12-7-8-15-16(11-12)24-10-9-23-15)21-17(22)20-14-6-4-3-5-13(14)19/h3-8,11H,9-10H2,1-2H3,(H2,20,21,22). The zero-order valence-electron chi connectivity index (χ0n) is 13.6. The molecule has 2 aromatic carbocycles. The van der Waals surface area contributed by atoms with Crippen LogP contribution in [0.15, 0.2) is 42.5 Å². The van der Waals surface area contributed by atoms with Gasteiger partial charge in [-0.2, -0.15) is 0 Å². The Morgan fingerprint density at radius 1 is 1.08 bits per heavy atom. The van der Waals surface area contributed by atoms with Gasteiger partial charge >= 0.3 is 6.03 Å². The maximum absolute atomic E-state index is 12.3. The van der Waals surface area contributed by atoms with E-state index in [-0.39, 0.29) is 6.03 Å². The molecule has 0 saturated carbocycles. The number of carbonyl (C=O) groups is 1. The predicted octanol–water partition coefficient (Wildman–Crippen LogP) is 4.17. The van der Waals surface area contributed by atoms with Gasteiger partial charge in [0.1, 0.15) is 13.2 Å². The molecule has 126 valence electrons. The van der Waals surface area contributed by atoms with Crippen LogP contribution in [0.4, 0.5) is 10.5 Å². The smallest absolute Gasteiger partial charge is 0.319 e. The first-order valence-corrected chi connectivity index (χ1v) is 8.07. The predicted molar refractivity (Wildman–Crippen MR) is 94.1 cm³/mol. The number of halogens is 1. The van der Waals surface area contributed by atoms with Gasteiger partial charge in [-0.1, -0.05) is 29.8 Å². The first kappa shape index (κ1) is 16.5. The minimum absolute atomic E-state index is 0.331. The number of amides is 2. The summed E-state index contributed by atoms with van der Waals surface area (Å²) in [5, 5.41) is 6.20. The molecule has 5 nitrogen and oxygen atoms in total. The number of ether oxygens (including phenoxy) is 2. The third kappa shape index (κ3) is 3.57. The minimum Gasteiger partial charge on any atom is -0.486 e. The fraction of sp³-hybridized carbons (Fsp3) is 0.278. The van der Waals surface area contributed by atoms with E-state index in [1.54, 1.807) is 12.1 Å². The van der Waals surface area contributed by atoms with Gasteiger partial charge in [0, 0.05) is 0 Å². The number of carbonyl (C=O) groups excluding carboxylic acids is 1. The van der Waals surface area contributed by atoms with Crippen LogP contribution in [0.5, 0.6) is 11.5 Å². The number of nitrogens with one attached hydrogen (secondary N) is 2. The number of rotatable bonds is 3. The summed E-state index contributed by atoms with van der Waals surface area (Å²) in [4.78, 5) is 12.3. The summed E-state index contributed by atoms with van der Waals surface area (Å²) in [7, 11) is 0. The Balaban J connectivity index is 1.73. The maximum Gasteiger partial charge on any atom is 0.319 e. The summed E-state index contributed by atoms with van der Waals surface area (Å²) in [5.41, 5.74) is 0.886. The third-order valence-electron chi connectivity index (χ3n) is 3.81. The Hall–Kier alpha value is -2.40. The molecule has 0 unspecified atom stereocenters. The highest BCUT2D eigenvalue weighted by molar-refractivity contribution is 6.33. The zero-order chi connectivity index (χ0) is 17.2. The molecule has 0 saturated heterocycles. The van der Waals surface area contributed by atoms with Crippen molar-refractivity contribution in [3.63, 3.8) is 0 Å². The van der Waals surface area contributed by atoms with Crippen LogP contribution in [-0.2, 0) is 5.54 Å². The monoisotopic (exact) mass is 346 g/mol. The molecule has 2 amide bonds. The van der Waals surface area contributed by atoms with E-state index in [4.69, 9.17) is 21.1 Å². The molecular formula is C18H19ClN2O3. The van der Waals surface area contributed by atoms with Gasteiger partial charge < -0.3 is 20.1 Å². The van der Waals surface area contributed by atoms with E-state index < -0.39 is 5.54 Å². The molecule has 24 heavy (non-hydrogen) atoms. The quantitative estimate of drug-likeness (QED) is 0.877. The Kier molecular flexibility index (Phi) is 4.53. The van der Waals surface area contributed by atoms with Gasteiger partial charge in [-0.3, -0.25) is 0 Å². The molecule has 6 heteroatoms. The van der Waals surface area contributed by atoms with Crippen LogP contribution < -0.4 is 20.1 Å². The number of hydrogen-bond donors (Lipinski definition) is 2. The average molecular weight is 347 g/mol. The lowest BCUT2D eigenvalue weighted by atomic mass is 9.94. The second-order valence-electron chi connectivity index (χ2n) is 6.04. The molecule has 0 aliphatic carbocycles. The second kappa shape index (κ2) is 6.61. The highest BCUT2D eigenvalue weighted by Gasteiger charge is 2.25. The lowest BCUT2D eigenvalue weighted by Crippen LogP contribution is -2.43. The van der Waals surface area contributed by atoms with Crippen LogP contribution in [-0.4, -0.2) is 19.2 Å². The summed E-state index contributed by atoms with van der Waals surface area (Å²) >= 11 is 6.06. The van der Waals surface area contributed by atoms with Crippen LogP contribution in [0.25, 0.3) is 0 Å². The molecule has 0 radical (unpaired) electrons. The SMILES string of the molecule is CC(C)(NC(=O)Nc1ccccc1Cl)c1ccc2c(c1)OCCO2. The molecular weight excluding hydrogens is 328 g/mol. The van der Waals surface area contributed by atoms with Gasteiger partial charge in [0.15, 0.2) is 11.5 Å². The molecule has 1 aliphatic heterocycles. The summed E-state index contributed by atoms with van der Waals surface area (Å²) < 4.78 is 11.1. The van der Waals surface area contributed by atoms with Gasteiger partial charge in [0.05, 0.1) is 16.2 Å². The van der Waals surface area contributed by atoms with Crippen molar-refractivity contribution < 1.29 is 14.3 Å². The number of urea groups is 1. The van der Waals surface area contributed by atoms with Gasteiger partial charge in [-0.05, 0) is 43.7 Å². The number of benzene rings is 2. The summed E-state index contributed by atoms with van der Waals surface area (Å²) in [5.74, 6) is 1.42. The van der Waals surface area contributed by atoms with E-state index >= 15 is 0 Å². The first-order valence-electron chi connectivity index (χ1n) is 7.69. The Morgan fingerprint density at radius 2 is 1.79 bits per heavy atom. The van der Waals surface area contributed by atoms with Crippen molar-refractivity contribution in [1.29, 1.82) is 0 Å². The summed E-state index contributed by atoms with van der Waals surface area (Å²) in [6, 6.07) is 12.4. The lowest BCUT2D eigenvalue weighted by molar-refractivity contribution is 0.171. The Labute approximate surface area is 145 Å². The number of fused-ring (bicyclic) bond motifs is 1. The van der Waals surface area contributed by atoms with E-state index in [0.29, 0.717) is 29.7 Å². The Morgan fingerprint density at radius 3 is 2.54 bits per heavy atom. The van der Waals surface area contributed by atoms with Gasteiger partial charge in [-0.15, -0.1) is 0 Å².